The Balaban J connectivity index is 2.24. The summed E-state index contributed by atoms with van der Waals surface area (Å²) in [6, 6.07) is 9.81. The van der Waals surface area contributed by atoms with Gasteiger partial charge in [0.25, 0.3) is 0 Å². The van der Waals surface area contributed by atoms with Crippen molar-refractivity contribution < 1.29 is 8.42 Å². The van der Waals surface area contributed by atoms with E-state index >= 15 is 0 Å². The zero-order valence-corrected chi connectivity index (χ0v) is 11.4. The van der Waals surface area contributed by atoms with Crippen LogP contribution in [0.1, 0.15) is 5.69 Å². The monoisotopic (exact) mass is 297 g/mol. The lowest BCUT2D eigenvalue weighted by Gasteiger charge is -2.10. The predicted molar refractivity (Wildman–Crippen MR) is 74.1 cm³/mol. The van der Waals surface area contributed by atoms with Crippen molar-refractivity contribution in [1.29, 1.82) is 0 Å². The van der Waals surface area contributed by atoms with Crippen LogP contribution in [0, 0.1) is 0 Å². The number of nitrogen functional groups attached to an aromatic ring is 1. The van der Waals surface area contributed by atoms with Gasteiger partial charge in [-0.1, -0.05) is 23.7 Å². The van der Waals surface area contributed by atoms with Crippen molar-refractivity contribution in [3.8, 4) is 0 Å². The van der Waals surface area contributed by atoms with Gasteiger partial charge in [0.05, 0.1) is 22.9 Å². The van der Waals surface area contributed by atoms with E-state index in [4.69, 9.17) is 17.3 Å². The van der Waals surface area contributed by atoms with Crippen LogP contribution in [0.3, 0.4) is 0 Å². The van der Waals surface area contributed by atoms with Gasteiger partial charge in [0.15, 0.2) is 0 Å². The average Bonchev–Trinajstić information content (AvgIpc) is 2.37. The Morgan fingerprint density at radius 2 is 2.00 bits per heavy atom. The van der Waals surface area contributed by atoms with Gasteiger partial charge in [-0.3, -0.25) is 4.98 Å². The summed E-state index contributed by atoms with van der Waals surface area (Å²) in [5.41, 5.74) is 6.38. The number of nitrogens with two attached hydrogens (primary N) is 1. The van der Waals surface area contributed by atoms with Crippen molar-refractivity contribution in [2.75, 3.05) is 5.73 Å². The Bertz CT molecular complexity index is 654. The number of nitrogens with zero attached hydrogens (tertiary/aromatic N) is 1. The molecule has 3 N–H and O–H groups in total. The second kappa shape index (κ2) is 5.56. The zero-order chi connectivity index (χ0) is 13.9. The Morgan fingerprint density at radius 3 is 2.63 bits per heavy atom. The minimum atomic E-state index is -3.77. The van der Waals surface area contributed by atoms with Gasteiger partial charge in [-0.25, -0.2) is 13.1 Å². The first-order valence-corrected chi connectivity index (χ1v) is 7.30. The lowest BCUT2D eigenvalue weighted by Crippen LogP contribution is -2.24. The normalized spacial score (nSPS) is 11.4. The number of benzene rings is 1. The van der Waals surface area contributed by atoms with E-state index in [0.29, 0.717) is 5.69 Å². The van der Waals surface area contributed by atoms with E-state index in [-0.39, 0.29) is 22.2 Å². The molecule has 0 spiro atoms. The molecule has 0 saturated carbocycles. The summed E-state index contributed by atoms with van der Waals surface area (Å²) < 4.78 is 26.7. The highest BCUT2D eigenvalue weighted by molar-refractivity contribution is 7.89. The fraction of sp³-hybridized carbons (Fsp3) is 0.0833. The van der Waals surface area contributed by atoms with Gasteiger partial charge >= 0.3 is 0 Å². The fourth-order valence-corrected chi connectivity index (χ4v) is 3.22. The molecule has 1 aromatic carbocycles. The van der Waals surface area contributed by atoms with Crippen LogP contribution in [0.5, 0.6) is 0 Å². The number of nitrogens with one attached hydrogen (secondary N) is 1. The number of hydrogen-bond acceptors (Lipinski definition) is 4. The number of pyridine rings is 1. The molecule has 0 saturated heterocycles. The first kappa shape index (κ1) is 13.8. The number of hydrogen-bond donors (Lipinski definition) is 2. The first-order valence-electron chi connectivity index (χ1n) is 5.44. The molecule has 0 aliphatic rings. The van der Waals surface area contributed by atoms with E-state index < -0.39 is 10.0 Å². The second-order valence-electron chi connectivity index (χ2n) is 3.80. The second-order valence-corrected chi connectivity index (χ2v) is 5.91. The smallest absolute Gasteiger partial charge is 0.244 e. The van der Waals surface area contributed by atoms with Gasteiger partial charge in [0.1, 0.15) is 4.90 Å². The summed E-state index contributed by atoms with van der Waals surface area (Å²) in [6.45, 7) is 0.0772. The molecule has 0 aliphatic carbocycles. The number of sulfonamides is 1. The van der Waals surface area contributed by atoms with Crippen LogP contribution >= 0.6 is 11.6 Å². The maximum atomic E-state index is 12.1. The fourth-order valence-electron chi connectivity index (χ4n) is 1.55. The molecule has 0 amide bonds. The van der Waals surface area contributed by atoms with Gasteiger partial charge in [-0.05, 0) is 24.3 Å². The molecule has 2 aromatic rings. The first-order chi connectivity index (χ1) is 9.00. The SMILES string of the molecule is Nc1cccc(Cl)c1S(=O)(=O)NCc1ccccn1. The van der Waals surface area contributed by atoms with Gasteiger partial charge in [0, 0.05) is 6.20 Å². The van der Waals surface area contributed by atoms with Gasteiger partial charge in [-0.2, -0.15) is 0 Å². The molecule has 0 atom stereocenters. The van der Waals surface area contributed by atoms with Crippen LogP contribution in [0.15, 0.2) is 47.5 Å². The van der Waals surface area contributed by atoms with Crippen molar-refractivity contribution in [2.24, 2.45) is 0 Å². The number of rotatable bonds is 4. The van der Waals surface area contributed by atoms with Crippen molar-refractivity contribution in [3.63, 3.8) is 0 Å². The third-order valence-electron chi connectivity index (χ3n) is 2.44. The quantitative estimate of drug-likeness (QED) is 0.843. The van der Waals surface area contributed by atoms with Crippen LogP contribution in [-0.2, 0) is 16.6 Å². The summed E-state index contributed by atoms with van der Waals surface area (Å²) in [5.74, 6) is 0. The van der Waals surface area contributed by atoms with Crippen LogP contribution in [0.25, 0.3) is 0 Å². The highest BCUT2D eigenvalue weighted by Gasteiger charge is 2.20. The van der Waals surface area contributed by atoms with E-state index in [2.05, 4.69) is 9.71 Å². The minimum Gasteiger partial charge on any atom is -0.398 e. The van der Waals surface area contributed by atoms with Crippen LogP contribution in [-0.4, -0.2) is 13.4 Å². The molecule has 7 heteroatoms. The van der Waals surface area contributed by atoms with E-state index in [1.165, 1.54) is 12.1 Å². The maximum absolute atomic E-state index is 12.1. The third-order valence-corrected chi connectivity index (χ3v) is 4.38. The highest BCUT2D eigenvalue weighted by atomic mass is 35.5. The molecule has 5 nitrogen and oxygen atoms in total. The Labute approximate surface area is 116 Å². The Hall–Kier alpha value is -1.63. The maximum Gasteiger partial charge on any atom is 0.244 e. The van der Waals surface area contributed by atoms with E-state index in [1.54, 1.807) is 30.5 Å². The molecule has 0 fully saturated rings. The lowest BCUT2D eigenvalue weighted by atomic mass is 10.3. The van der Waals surface area contributed by atoms with Crippen LogP contribution in [0.4, 0.5) is 5.69 Å². The minimum absolute atomic E-state index is 0.0772. The molecule has 0 bridgehead atoms. The van der Waals surface area contributed by atoms with E-state index in [9.17, 15) is 8.42 Å². The van der Waals surface area contributed by atoms with Crippen LogP contribution in [0.2, 0.25) is 5.02 Å². The molecule has 0 unspecified atom stereocenters. The van der Waals surface area contributed by atoms with E-state index in [0.717, 1.165) is 0 Å². The standard InChI is InChI=1S/C12H12ClN3O2S/c13-10-5-3-6-11(14)12(10)19(17,18)16-8-9-4-1-2-7-15-9/h1-7,16H,8,14H2. The summed E-state index contributed by atoms with van der Waals surface area (Å²) >= 11 is 5.88. The molecule has 1 aromatic heterocycles. The molecule has 0 radical (unpaired) electrons. The molecule has 0 aliphatic heterocycles. The summed E-state index contributed by atoms with van der Waals surface area (Å²) in [5, 5.41) is 0.0912. The zero-order valence-electron chi connectivity index (χ0n) is 9.88. The van der Waals surface area contributed by atoms with Crippen molar-refractivity contribution >= 4 is 27.3 Å². The van der Waals surface area contributed by atoms with Gasteiger partial charge in [-0.15, -0.1) is 0 Å². The summed E-state index contributed by atoms with van der Waals surface area (Å²) in [6.07, 6.45) is 1.59. The van der Waals surface area contributed by atoms with Gasteiger partial charge in [0.2, 0.25) is 10.0 Å². The van der Waals surface area contributed by atoms with Gasteiger partial charge < -0.3 is 5.73 Å². The average molecular weight is 298 g/mol. The van der Waals surface area contributed by atoms with Crippen molar-refractivity contribution in [1.82, 2.24) is 9.71 Å². The highest BCUT2D eigenvalue weighted by Crippen LogP contribution is 2.26. The largest absolute Gasteiger partial charge is 0.398 e. The van der Waals surface area contributed by atoms with Crippen molar-refractivity contribution in [3.05, 3.63) is 53.3 Å². The summed E-state index contributed by atoms with van der Waals surface area (Å²) in [4.78, 5) is 3.93. The number of anilines is 1. The number of halogens is 1. The predicted octanol–water partition coefficient (Wildman–Crippen LogP) is 1.80. The third kappa shape index (κ3) is 3.23. The Morgan fingerprint density at radius 1 is 1.21 bits per heavy atom. The molecule has 2 rings (SSSR count). The number of aromatic nitrogens is 1. The molecule has 1 heterocycles. The molecule has 19 heavy (non-hydrogen) atoms. The van der Waals surface area contributed by atoms with Crippen LogP contribution < -0.4 is 10.5 Å². The van der Waals surface area contributed by atoms with Crippen molar-refractivity contribution in [2.45, 2.75) is 11.4 Å². The summed E-state index contributed by atoms with van der Waals surface area (Å²) in [7, 11) is -3.77. The molecule has 100 valence electrons. The van der Waals surface area contributed by atoms with E-state index in [1.807, 2.05) is 0 Å². The molecular weight excluding hydrogens is 286 g/mol. The molecular formula is C12H12ClN3O2S. The Kier molecular flexibility index (Phi) is 4.04. The lowest BCUT2D eigenvalue weighted by molar-refractivity contribution is 0.581. The topological polar surface area (TPSA) is 85.1 Å².